The van der Waals surface area contributed by atoms with Crippen molar-refractivity contribution in [2.24, 2.45) is 5.92 Å². The van der Waals surface area contributed by atoms with Crippen molar-refractivity contribution < 1.29 is 13.6 Å². The number of nitriles is 1. The number of amides is 1. The van der Waals surface area contributed by atoms with E-state index in [1.54, 1.807) is 0 Å². The molecule has 0 aromatic rings. The van der Waals surface area contributed by atoms with Gasteiger partial charge in [-0.25, -0.2) is 0 Å². The molecule has 1 atom stereocenters. The minimum absolute atomic E-state index is 0.152. The maximum Gasteiger partial charge on any atom is 0.315 e. The highest BCUT2D eigenvalue weighted by molar-refractivity contribution is 5.79. The number of halogens is 2. The Labute approximate surface area is 74.9 Å². The van der Waals surface area contributed by atoms with Crippen LogP contribution in [0, 0.1) is 17.2 Å². The first-order valence-corrected chi connectivity index (χ1v) is 4.11. The molecular formula is C8H10F2N2O. The number of carbonyl (C=O) groups is 1. The molecule has 1 saturated heterocycles. The van der Waals surface area contributed by atoms with Crippen molar-refractivity contribution in [3.63, 3.8) is 0 Å². The maximum absolute atomic E-state index is 12.0. The molecule has 1 fully saturated rings. The monoisotopic (exact) mass is 188 g/mol. The fourth-order valence-electron chi connectivity index (χ4n) is 1.42. The fraction of sp³-hybridized carbons (Fsp3) is 0.750. The first kappa shape index (κ1) is 9.90. The summed E-state index contributed by atoms with van der Waals surface area (Å²) in [6.07, 6.45) is -1.61. The Morgan fingerprint density at radius 1 is 1.62 bits per heavy atom. The van der Waals surface area contributed by atoms with Gasteiger partial charge in [-0.3, -0.25) is 4.79 Å². The van der Waals surface area contributed by atoms with Crippen LogP contribution in [0.2, 0.25) is 0 Å². The van der Waals surface area contributed by atoms with Crippen molar-refractivity contribution >= 4 is 5.91 Å². The van der Waals surface area contributed by atoms with Crippen molar-refractivity contribution in [3.05, 3.63) is 0 Å². The van der Waals surface area contributed by atoms with E-state index in [2.05, 4.69) is 0 Å². The molecule has 0 bridgehead atoms. The molecule has 0 radical (unpaired) electrons. The highest BCUT2D eigenvalue weighted by atomic mass is 19.3. The molecule has 5 heteroatoms. The lowest BCUT2D eigenvalue weighted by Crippen LogP contribution is -2.42. The summed E-state index contributed by atoms with van der Waals surface area (Å²) in [5, 5.41) is 8.55. The van der Waals surface area contributed by atoms with E-state index in [0.29, 0.717) is 19.4 Å². The highest BCUT2D eigenvalue weighted by Crippen LogP contribution is 2.16. The first-order valence-electron chi connectivity index (χ1n) is 4.11. The second-order valence-electron chi connectivity index (χ2n) is 3.05. The predicted molar refractivity (Wildman–Crippen MR) is 40.9 cm³/mol. The van der Waals surface area contributed by atoms with Crippen LogP contribution in [0.3, 0.4) is 0 Å². The zero-order chi connectivity index (χ0) is 9.84. The van der Waals surface area contributed by atoms with Crippen LogP contribution in [0.15, 0.2) is 0 Å². The number of rotatable bonds is 1. The van der Waals surface area contributed by atoms with Crippen LogP contribution in [0.4, 0.5) is 8.78 Å². The molecule has 1 amide bonds. The second-order valence-corrected chi connectivity index (χ2v) is 3.05. The third kappa shape index (κ3) is 2.38. The summed E-state index contributed by atoms with van der Waals surface area (Å²) in [4.78, 5) is 11.9. The van der Waals surface area contributed by atoms with E-state index < -0.39 is 12.3 Å². The Kier molecular flexibility index (Phi) is 3.18. The SMILES string of the molecule is N#CC1CCCN(C(=O)C(F)F)C1. The van der Waals surface area contributed by atoms with Gasteiger partial charge in [0.05, 0.1) is 12.0 Å². The fourth-order valence-corrected chi connectivity index (χ4v) is 1.42. The zero-order valence-electron chi connectivity index (χ0n) is 7.04. The molecule has 1 heterocycles. The van der Waals surface area contributed by atoms with Crippen molar-refractivity contribution in [2.45, 2.75) is 19.3 Å². The Balaban J connectivity index is 2.52. The summed E-state index contributed by atoms with van der Waals surface area (Å²) < 4.78 is 23.9. The normalized spacial score (nSPS) is 22.9. The smallest absolute Gasteiger partial charge is 0.315 e. The van der Waals surface area contributed by atoms with Crippen molar-refractivity contribution in [1.82, 2.24) is 4.90 Å². The predicted octanol–water partition coefficient (Wildman–Crippen LogP) is 1.01. The van der Waals surface area contributed by atoms with E-state index >= 15 is 0 Å². The molecule has 1 aliphatic heterocycles. The molecule has 0 N–H and O–H groups in total. The van der Waals surface area contributed by atoms with Crippen molar-refractivity contribution in [1.29, 1.82) is 5.26 Å². The molecule has 1 aliphatic rings. The van der Waals surface area contributed by atoms with Gasteiger partial charge in [-0.1, -0.05) is 0 Å². The Hall–Kier alpha value is -1.18. The molecule has 0 aliphatic carbocycles. The lowest BCUT2D eigenvalue weighted by Gasteiger charge is -2.29. The van der Waals surface area contributed by atoms with Crippen LogP contribution in [-0.4, -0.2) is 30.3 Å². The number of nitrogens with zero attached hydrogens (tertiary/aromatic N) is 2. The van der Waals surface area contributed by atoms with Gasteiger partial charge in [0.25, 0.3) is 5.91 Å². The molecule has 0 spiro atoms. The lowest BCUT2D eigenvalue weighted by molar-refractivity contribution is -0.144. The third-order valence-electron chi connectivity index (χ3n) is 2.10. The lowest BCUT2D eigenvalue weighted by atomic mass is 10.00. The molecule has 72 valence electrons. The highest BCUT2D eigenvalue weighted by Gasteiger charge is 2.28. The average molecular weight is 188 g/mol. The summed E-state index contributed by atoms with van der Waals surface area (Å²) in [6.45, 7) is 0.501. The summed E-state index contributed by atoms with van der Waals surface area (Å²) in [5.41, 5.74) is 0. The standard InChI is InChI=1S/C8H10F2N2O/c9-7(10)8(13)12-3-1-2-6(4-11)5-12/h6-7H,1-3,5H2. The Morgan fingerprint density at radius 2 is 2.31 bits per heavy atom. The van der Waals surface area contributed by atoms with Gasteiger partial charge in [0.2, 0.25) is 0 Å². The number of hydrogen-bond acceptors (Lipinski definition) is 2. The van der Waals surface area contributed by atoms with E-state index in [1.807, 2.05) is 6.07 Å². The zero-order valence-corrected chi connectivity index (χ0v) is 7.04. The second kappa shape index (κ2) is 4.17. The number of alkyl halides is 2. The topological polar surface area (TPSA) is 44.1 Å². The van der Waals surface area contributed by atoms with E-state index in [9.17, 15) is 13.6 Å². The number of likely N-dealkylation sites (tertiary alicyclic amines) is 1. The molecule has 0 aromatic heterocycles. The number of carbonyl (C=O) groups excluding carboxylic acids is 1. The largest absolute Gasteiger partial charge is 0.336 e. The maximum atomic E-state index is 12.0. The summed E-state index contributed by atoms with van der Waals surface area (Å²) in [5.74, 6) is -1.43. The summed E-state index contributed by atoms with van der Waals surface area (Å²) >= 11 is 0. The molecular weight excluding hydrogens is 178 g/mol. The number of hydrogen-bond donors (Lipinski definition) is 0. The van der Waals surface area contributed by atoms with Crippen molar-refractivity contribution in [2.75, 3.05) is 13.1 Å². The van der Waals surface area contributed by atoms with E-state index in [1.165, 1.54) is 0 Å². The van der Waals surface area contributed by atoms with Gasteiger partial charge in [-0.2, -0.15) is 14.0 Å². The summed E-state index contributed by atoms with van der Waals surface area (Å²) in [7, 11) is 0. The van der Waals surface area contributed by atoms with Crippen LogP contribution < -0.4 is 0 Å². The van der Waals surface area contributed by atoms with Crippen molar-refractivity contribution in [3.8, 4) is 6.07 Å². The number of piperidine rings is 1. The van der Waals surface area contributed by atoms with E-state index in [-0.39, 0.29) is 12.5 Å². The van der Waals surface area contributed by atoms with E-state index in [4.69, 9.17) is 5.26 Å². The molecule has 0 aromatic carbocycles. The van der Waals surface area contributed by atoms with Gasteiger partial charge in [0, 0.05) is 13.1 Å². The van der Waals surface area contributed by atoms with Crippen LogP contribution in [0.1, 0.15) is 12.8 Å². The summed E-state index contributed by atoms with van der Waals surface area (Å²) in [6, 6.07) is 1.99. The minimum atomic E-state index is -2.95. The Morgan fingerprint density at radius 3 is 2.85 bits per heavy atom. The van der Waals surface area contributed by atoms with Crippen LogP contribution in [-0.2, 0) is 4.79 Å². The van der Waals surface area contributed by atoms with Gasteiger partial charge in [0.1, 0.15) is 0 Å². The molecule has 0 saturated carbocycles. The van der Waals surface area contributed by atoms with Gasteiger partial charge >= 0.3 is 6.43 Å². The molecule has 1 rings (SSSR count). The third-order valence-corrected chi connectivity index (χ3v) is 2.10. The van der Waals surface area contributed by atoms with Gasteiger partial charge < -0.3 is 4.90 Å². The molecule has 1 unspecified atom stereocenters. The molecule has 3 nitrogen and oxygen atoms in total. The van der Waals surface area contributed by atoms with Crippen LogP contribution in [0.5, 0.6) is 0 Å². The minimum Gasteiger partial charge on any atom is -0.336 e. The molecule has 13 heavy (non-hydrogen) atoms. The first-order chi connectivity index (χ1) is 6.15. The van der Waals surface area contributed by atoms with E-state index in [0.717, 1.165) is 4.90 Å². The van der Waals surface area contributed by atoms with Gasteiger partial charge in [0.15, 0.2) is 0 Å². The van der Waals surface area contributed by atoms with Gasteiger partial charge in [-0.15, -0.1) is 0 Å². The Bertz CT molecular complexity index is 237. The quantitative estimate of drug-likeness (QED) is 0.616. The van der Waals surface area contributed by atoms with Crippen LogP contribution in [0.25, 0.3) is 0 Å². The van der Waals surface area contributed by atoms with Crippen LogP contribution >= 0.6 is 0 Å². The average Bonchev–Trinajstić information content (AvgIpc) is 2.16. The van der Waals surface area contributed by atoms with Gasteiger partial charge in [-0.05, 0) is 12.8 Å².